The molecular weight excluding hydrogens is 248 g/mol. The molecule has 3 nitrogen and oxygen atoms in total. The molecule has 20 heavy (non-hydrogen) atoms. The minimum atomic E-state index is 0.319. The molecule has 0 saturated carbocycles. The highest BCUT2D eigenvalue weighted by Gasteiger charge is 2.25. The predicted molar refractivity (Wildman–Crippen MR) is 83.4 cm³/mol. The predicted octanol–water partition coefficient (Wildman–Crippen LogP) is 3.38. The molecule has 0 bridgehead atoms. The van der Waals surface area contributed by atoms with Crippen LogP contribution in [-0.2, 0) is 11.2 Å². The number of piperidine rings is 1. The molecule has 1 aliphatic rings. The molecule has 1 fully saturated rings. The normalized spacial score (nSPS) is 19.1. The summed E-state index contributed by atoms with van der Waals surface area (Å²) >= 11 is 0. The first kappa shape index (κ1) is 14.9. The molecule has 2 rings (SSSR count). The second-order valence-electron chi connectivity index (χ2n) is 5.77. The van der Waals surface area contributed by atoms with Gasteiger partial charge in [-0.3, -0.25) is 4.79 Å². The van der Waals surface area contributed by atoms with Crippen molar-refractivity contribution in [3.63, 3.8) is 0 Å². The van der Waals surface area contributed by atoms with E-state index in [-0.39, 0.29) is 0 Å². The lowest BCUT2D eigenvalue weighted by atomic mass is 9.97. The second-order valence-corrected chi connectivity index (χ2v) is 5.77. The van der Waals surface area contributed by atoms with Crippen LogP contribution in [0.15, 0.2) is 24.3 Å². The number of carbonyl (C=O) groups is 1. The lowest BCUT2D eigenvalue weighted by Crippen LogP contribution is -2.43. The number of amides is 1. The Hall–Kier alpha value is -1.51. The molecule has 1 unspecified atom stereocenters. The van der Waals surface area contributed by atoms with E-state index < -0.39 is 0 Å². The topological polar surface area (TPSA) is 46.3 Å². The summed E-state index contributed by atoms with van der Waals surface area (Å²) in [6, 6.07) is 8.32. The number of hydrogen-bond donors (Lipinski definition) is 1. The number of nitrogens with two attached hydrogens (primary N) is 1. The number of carbonyl (C=O) groups excluding carboxylic acids is 1. The fraction of sp³-hybridized carbons (Fsp3) is 0.588. The molecule has 1 aromatic carbocycles. The molecule has 1 heterocycles. The molecule has 1 saturated heterocycles. The minimum absolute atomic E-state index is 0.319. The van der Waals surface area contributed by atoms with Gasteiger partial charge in [-0.1, -0.05) is 25.5 Å². The molecule has 0 spiro atoms. The van der Waals surface area contributed by atoms with Crippen LogP contribution < -0.4 is 5.73 Å². The second kappa shape index (κ2) is 7.32. The summed E-state index contributed by atoms with van der Waals surface area (Å²) in [7, 11) is 0. The molecule has 0 radical (unpaired) electrons. The van der Waals surface area contributed by atoms with Crippen molar-refractivity contribution in [1.29, 1.82) is 0 Å². The van der Waals surface area contributed by atoms with Crippen molar-refractivity contribution >= 4 is 11.6 Å². The van der Waals surface area contributed by atoms with Crippen molar-refractivity contribution in [1.82, 2.24) is 4.90 Å². The first-order valence-electron chi connectivity index (χ1n) is 7.84. The van der Waals surface area contributed by atoms with Gasteiger partial charge in [0.2, 0.25) is 5.91 Å². The summed E-state index contributed by atoms with van der Waals surface area (Å²) in [6.07, 6.45) is 7.35. The van der Waals surface area contributed by atoms with Crippen LogP contribution in [-0.4, -0.2) is 23.4 Å². The lowest BCUT2D eigenvalue weighted by molar-refractivity contribution is -0.135. The van der Waals surface area contributed by atoms with Crippen LogP contribution in [0.4, 0.5) is 5.69 Å². The molecule has 0 aromatic heterocycles. The zero-order valence-electron chi connectivity index (χ0n) is 12.5. The quantitative estimate of drug-likeness (QED) is 0.837. The van der Waals surface area contributed by atoms with E-state index in [0.29, 0.717) is 18.4 Å². The van der Waals surface area contributed by atoms with E-state index in [1.165, 1.54) is 18.4 Å². The van der Waals surface area contributed by atoms with Gasteiger partial charge in [-0.2, -0.15) is 0 Å². The van der Waals surface area contributed by atoms with E-state index in [9.17, 15) is 4.79 Å². The number of anilines is 1. The third-order valence-corrected chi connectivity index (χ3v) is 4.18. The van der Waals surface area contributed by atoms with Crippen molar-refractivity contribution in [3.05, 3.63) is 29.8 Å². The highest BCUT2D eigenvalue weighted by molar-refractivity contribution is 5.77. The Morgan fingerprint density at radius 2 is 2.05 bits per heavy atom. The molecule has 110 valence electrons. The van der Waals surface area contributed by atoms with E-state index in [4.69, 9.17) is 5.73 Å². The smallest absolute Gasteiger partial charge is 0.223 e. The molecule has 3 heteroatoms. The lowest BCUT2D eigenvalue weighted by Gasteiger charge is -2.36. The fourth-order valence-electron chi connectivity index (χ4n) is 3.04. The zero-order chi connectivity index (χ0) is 14.4. The third kappa shape index (κ3) is 3.99. The fourth-order valence-corrected chi connectivity index (χ4v) is 3.04. The Morgan fingerprint density at radius 3 is 2.75 bits per heavy atom. The van der Waals surface area contributed by atoms with Crippen molar-refractivity contribution in [2.75, 3.05) is 12.3 Å². The Balaban J connectivity index is 1.88. The first-order chi connectivity index (χ1) is 9.70. The third-order valence-electron chi connectivity index (χ3n) is 4.18. The largest absolute Gasteiger partial charge is 0.399 e. The van der Waals surface area contributed by atoms with Gasteiger partial charge in [-0.25, -0.2) is 0 Å². The van der Waals surface area contributed by atoms with Crippen LogP contribution in [0.25, 0.3) is 0 Å². The standard InChI is InChI=1S/C17H26N2O/c1-2-5-16-6-3-4-13-19(16)17(20)12-9-14-7-10-15(18)11-8-14/h7-8,10-11,16H,2-6,9,12-13,18H2,1H3. The van der Waals surface area contributed by atoms with Crippen LogP contribution >= 0.6 is 0 Å². The number of rotatable bonds is 5. The molecule has 1 atom stereocenters. The average molecular weight is 274 g/mol. The molecule has 1 aromatic rings. The number of nitrogens with zero attached hydrogens (tertiary/aromatic N) is 1. The molecule has 0 aliphatic carbocycles. The molecule has 1 amide bonds. The summed E-state index contributed by atoms with van der Waals surface area (Å²) in [4.78, 5) is 14.6. The van der Waals surface area contributed by atoms with E-state index in [2.05, 4.69) is 11.8 Å². The van der Waals surface area contributed by atoms with Gasteiger partial charge >= 0.3 is 0 Å². The Bertz CT molecular complexity index is 425. The van der Waals surface area contributed by atoms with Gasteiger partial charge in [0.1, 0.15) is 0 Å². The van der Waals surface area contributed by atoms with Crippen molar-refractivity contribution < 1.29 is 4.79 Å². The van der Waals surface area contributed by atoms with Crippen LogP contribution in [0, 0.1) is 0 Å². The van der Waals surface area contributed by atoms with Gasteiger partial charge in [0.05, 0.1) is 0 Å². The maximum Gasteiger partial charge on any atom is 0.223 e. The Labute approximate surface area is 122 Å². The average Bonchev–Trinajstić information content (AvgIpc) is 2.47. The van der Waals surface area contributed by atoms with Crippen LogP contribution in [0.2, 0.25) is 0 Å². The summed E-state index contributed by atoms with van der Waals surface area (Å²) in [5, 5.41) is 0. The zero-order valence-corrected chi connectivity index (χ0v) is 12.5. The number of aryl methyl sites for hydroxylation is 1. The van der Waals surface area contributed by atoms with Crippen molar-refractivity contribution in [3.8, 4) is 0 Å². The maximum atomic E-state index is 12.4. The van der Waals surface area contributed by atoms with Gasteiger partial charge in [0.15, 0.2) is 0 Å². The van der Waals surface area contributed by atoms with E-state index >= 15 is 0 Å². The molecule has 1 aliphatic heterocycles. The van der Waals surface area contributed by atoms with Crippen molar-refractivity contribution in [2.24, 2.45) is 0 Å². The number of nitrogen functional groups attached to an aromatic ring is 1. The Morgan fingerprint density at radius 1 is 1.30 bits per heavy atom. The highest BCUT2D eigenvalue weighted by Crippen LogP contribution is 2.22. The van der Waals surface area contributed by atoms with Gasteiger partial charge in [-0.05, 0) is 49.8 Å². The van der Waals surface area contributed by atoms with Crippen molar-refractivity contribution in [2.45, 2.75) is 57.9 Å². The monoisotopic (exact) mass is 274 g/mol. The van der Waals surface area contributed by atoms with Crippen LogP contribution in [0.1, 0.15) is 51.0 Å². The van der Waals surface area contributed by atoms with E-state index in [1.54, 1.807) is 0 Å². The molecule has 2 N–H and O–H groups in total. The van der Waals surface area contributed by atoms with Gasteiger partial charge < -0.3 is 10.6 Å². The summed E-state index contributed by atoms with van der Waals surface area (Å²) in [5.74, 6) is 0.319. The number of likely N-dealkylation sites (tertiary alicyclic amines) is 1. The van der Waals surface area contributed by atoms with Gasteiger partial charge in [0, 0.05) is 24.7 Å². The highest BCUT2D eigenvalue weighted by atomic mass is 16.2. The first-order valence-corrected chi connectivity index (χ1v) is 7.84. The van der Waals surface area contributed by atoms with Gasteiger partial charge in [-0.15, -0.1) is 0 Å². The number of hydrogen-bond acceptors (Lipinski definition) is 2. The number of benzene rings is 1. The summed E-state index contributed by atoms with van der Waals surface area (Å²) < 4.78 is 0. The Kier molecular flexibility index (Phi) is 5.45. The van der Waals surface area contributed by atoms with Gasteiger partial charge in [0.25, 0.3) is 0 Å². The van der Waals surface area contributed by atoms with E-state index in [1.807, 2.05) is 24.3 Å². The minimum Gasteiger partial charge on any atom is -0.399 e. The maximum absolute atomic E-state index is 12.4. The summed E-state index contributed by atoms with van der Waals surface area (Å²) in [6.45, 7) is 3.15. The van der Waals surface area contributed by atoms with E-state index in [0.717, 1.165) is 37.9 Å². The van der Waals surface area contributed by atoms with Crippen LogP contribution in [0.5, 0.6) is 0 Å². The van der Waals surface area contributed by atoms with Crippen LogP contribution in [0.3, 0.4) is 0 Å². The summed E-state index contributed by atoms with van der Waals surface area (Å²) in [5.41, 5.74) is 7.64. The SMILES string of the molecule is CCCC1CCCCN1C(=O)CCc1ccc(N)cc1. The molecular formula is C17H26N2O.